The molecule has 2 aliphatic heterocycles. The average Bonchev–Trinajstić information content (AvgIpc) is 2.58. The van der Waals surface area contributed by atoms with Gasteiger partial charge in [0.05, 0.1) is 0 Å². The molecule has 0 radical (unpaired) electrons. The summed E-state index contributed by atoms with van der Waals surface area (Å²) in [4.78, 5) is 28.4. The number of hydrogen-bond acceptors (Lipinski definition) is 4. The van der Waals surface area contributed by atoms with E-state index < -0.39 is 0 Å². The minimum absolute atomic E-state index is 0.0379. The second-order valence-corrected chi connectivity index (χ2v) is 13.4. The minimum atomic E-state index is 0.0379. The lowest BCUT2D eigenvalue weighted by Crippen LogP contribution is -2.62. The maximum absolute atomic E-state index is 12.4. The Morgan fingerprint density at radius 2 is 1.12 bits per heavy atom. The van der Waals surface area contributed by atoms with E-state index in [-0.39, 0.29) is 28.1 Å². The number of carbonyl (C=O) groups excluding carboxylic acids is 2. The summed E-state index contributed by atoms with van der Waals surface area (Å²) in [5, 5.41) is 7.42. The van der Waals surface area contributed by atoms with Crippen LogP contribution in [-0.2, 0) is 9.59 Å². The molecule has 0 aromatic carbocycles. The predicted octanol–water partition coefficient (Wildman–Crippen LogP) is 4.47. The molecule has 6 nitrogen and oxygen atoms in total. The Bertz CT molecular complexity index is 639. The minimum Gasteiger partial charge on any atom is -0.342 e. The third kappa shape index (κ3) is 8.86. The lowest BCUT2D eigenvalue weighted by Gasteiger charge is -2.49. The largest absolute Gasteiger partial charge is 0.342 e. The van der Waals surface area contributed by atoms with Gasteiger partial charge in [-0.05, 0) is 93.9 Å². The van der Waals surface area contributed by atoms with Gasteiger partial charge in [0.15, 0.2) is 0 Å². The van der Waals surface area contributed by atoms with Gasteiger partial charge in [-0.1, -0.05) is 12.8 Å². The second kappa shape index (κ2) is 10.6. The number of hydrogen-bond donors (Lipinski definition) is 2. The van der Waals surface area contributed by atoms with Crippen LogP contribution in [0.2, 0.25) is 0 Å². The second-order valence-electron chi connectivity index (χ2n) is 13.4. The molecule has 2 rings (SSSR count). The molecule has 0 bridgehead atoms. The number of piperidine rings is 2. The Morgan fingerprint density at radius 3 is 1.52 bits per heavy atom. The summed E-state index contributed by atoms with van der Waals surface area (Å²) in [5.41, 5.74) is 0.162. The molecule has 0 aromatic rings. The van der Waals surface area contributed by atoms with Gasteiger partial charge >= 0.3 is 0 Å². The molecule has 0 atom stereocenters. The van der Waals surface area contributed by atoms with Crippen molar-refractivity contribution in [3.8, 4) is 0 Å². The van der Waals surface area contributed by atoms with Crippen LogP contribution in [0.5, 0.6) is 0 Å². The van der Waals surface area contributed by atoms with E-state index >= 15 is 0 Å². The van der Waals surface area contributed by atoms with Crippen molar-refractivity contribution in [2.45, 2.75) is 148 Å². The Kier molecular flexibility index (Phi) is 9.06. The predicted molar refractivity (Wildman–Crippen MR) is 137 cm³/mol. The third-order valence-electron chi connectivity index (χ3n) is 7.35. The molecule has 2 fully saturated rings. The highest BCUT2D eigenvalue weighted by atomic mass is 16.2. The van der Waals surface area contributed by atoms with Crippen LogP contribution in [-0.4, -0.2) is 69.4 Å². The molecule has 0 spiro atoms. The van der Waals surface area contributed by atoms with Gasteiger partial charge in [-0.15, -0.1) is 0 Å². The average molecular weight is 465 g/mol. The molecule has 6 heteroatoms. The molecule has 2 N–H and O–H groups in total. The van der Waals surface area contributed by atoms with Crippen molar-refractivity contribution in [2.75, 3.05) is 13.1 Å². The molecule has 0 aliphatic carbocycles. The van der Waals surface area contributed by atoms with E-state index in [1.807, 2.05) is 4.90 Å². The van der Waals surface area contributed by atoms with E-state index in [1.54, 1.807) is 6.92 Å². The van der Waals surface area contributed by atoms with Gasteiger partial charge in [0.2, 0.25) is 12.3 Å². The Balaban J connectivity index is 1.79. The molecular formula is C27H52N4O2. The topological polar surface area (TPSA) is 64.7 Å². The first-order chi connectivity index (χ1) is 15.0. The van der Waals surface area contributed by atoms with Crippen molar-refractivity contribution in [2.24, 2.45) is 0 Å². The van der Waals surface area contributed by atoms with E-state index in [9.17, 15) is 9.59 Å². The summed E-state index contributed by atoms with van der Waals surface area (Å²) < 4.78 is 0. The molecule has 2 saturated heterocycles. The normalized spacial score (nSPS) is 24.3. The van der Waals surface area contributed by atoms with Gasteiger partial charge in [0.1, 0.15) is 0 Å². The maximum atomic E-state index is 12.4. The zero-order valence-electron chi connectivity index (χ0n) is 23.0. The standard InChI is InChI=1S/C27H52N4O2/c1-21(33)31(23-18-26(6,7)29-27(8,9)19-23)15-13-11-10-12-14-30(20-32)22-16-24(2,3)28-25(4,5)17-22/h20,22-23,28-29H,10-19H2,1-9H3. The zero-order chi connectivity index (χ0) is 25.1. The Morgan fingerprint density at radius 1 is 0.727 bits per heavy atom. The number of nitrogens with one attached hydrogen (secondary N) is 2. The highest BCUT2D eigenvalue weighted by Crippen LogP contribution is 2.33. The molecular weight excluding hydrogens is 412 g/mol. The fourth-order valence-corrected chi connectivity index (χ4v) is 6.84. The Labute approximate surface area is 203 Å². The summed E-state index contributed by atoms with van der Waals surface area (Å²) in [6.45, 7) is 21.3. The summed E-state index contributed by atoms with van der Waals surface area (Å²) in [7, 11) is 0. The van der Waals surface area contributed by atoms with Crippen LogP contribution in [0.3, 0.4) is 0 Å². The number of amides is 2. The lowest BCUT2D eigenvalue weighted by atomic mass is 9.79. The van der Waals surface area contributed by atoms with Gasteiger partial charge in [0.25, 0.3) is 0 Å². The monoisotopic (exact) mass is 464 g/mol. The first kappa shape index (κ1) is 28.1. The third-order valence-corrected chi connectivity index (χ3v) is 7.35. The highest BCUT2D eigenvalue weighted by Gasteiger charge is 2.41. The Hall–Kier alpha value is -1.14. The smallest absolute Gasteiger partial charge is 0.219 e. The number of unbranched alkanes of at least 4 members (excludes halogenated alkanes) is 3. The quantitative estimate of drug-likeness (QED) is 0.370. The van der Waals surface area contributed by atoms with Crippen LogP contribution in [0.15, 0.2) is 0 Å². The molecule has 2 amide bonds. The van der Waals surface area contributed by atoms with E-state index in [0.717, 1.165) is 70.9 Å². The first-order valence-electron chi connectivity index (χ1n) is 13.1. The van der Waals surface area contributed by atoms with E-state index in [0.29, 0.717) is 12.1 Å². The van der Waals surface area contributed by atoms with Crippen molar-refractivity contribution in [1.29, 1.82) is 0 Å². The van der Waals surface area contributed by atoms with Crippen LogP contribution in [0.4, 0.5) is 0 Å². The fraction of sp³-hybridized carbons (Fsp3) is 0.926. The maximum Gasteiger partial charge on any atom is 0.219 e. The SMILES string of the molecule is CC(=O)N(CCCCCCN(C=O)C1CC(C)(C)NC(C)(C)C1)C1CC(C)(C)NC(C)(C)C1. The van der Waals surface area contributed by atoms with E-state index in [2.05, 4.69) is 70.9 Å². The molecule has 33 heavy (non-hydrogen) atoms. The number of rotatable bonds is 10. The van der Waals surface area contributed by atoms with Crippen molar-refractivity contribution in [3.05, 3.63) is 0 Å². The van der Waals surface area contributed by atoms with Gasteiger partial charge in [-0.25, -0.2) is 0 Å². The summed E-state index contributed by atoms with van der Waals surface area (Å²) in [5.74, 6) is 0.191. The van der Waals surface area contributed by atoms with Crippen molar-refractivity contribution in [3.63, 3.8) is 0 Å². The molecule has 192 valence electrons. The molecule has 0 saturated carbocycles. The molecule has 2 aliphatic rings. The molecule has 0 aromatic heterocycles. The number of carbonyl (C=O) groups is 2. The lowest BCUT2D eigenvalue weighted by molar-refractivity contribution is -0.133. The molecule has 2 heterocycles. The van der Waals surface area contributed by atoms with Crippen LogP contribution in [0.25, 0.3) is 0 Å². The van der Waals surface area contributed by atoms with Crippen LogP contribution in [0, 0.1) is 0 Å². The van der Waals surface area contributed by atoms with Gasteiger partial charge in [-0.3, -0.25) is 9.59 Å². The van der Waals surface area contributed by atoms with Gasteiger partial charge < -0.3 is 20.4 Å². The summed E-state index contributed by atoms with van der Waals surface area (Å²) in [6.07, 6.45) is 9.27. The van der Waals surface area contributed by atoms with Crippen molar-refractivity contribution < 1.29 is 9.59 Å². The molecule has 0 unspecified atom stereocenters. The number of nitrogens with zero attached hydrogens (tertiary/aromatic N) is 2. The van der Waals surface area contributed by atoms with E-state index in [4.69, 9.17) is 0 Å². The fourth-order valence-electron chi connectivity index (χ4n) is 6.84. The zero-order valence-corrected chi connectivity index (χ0v) is 23.0. The first-order valence-corrected chi connectivity index (χ1v) is 13.1. The van der Waals surface area contributed by atoms with Gasteiger partial charge in [0, 0.05) is 54.3 Å². The summed E-state index contributed by atoms with van der Waals surface area (Å²) in [6, 6.07) is 0.597. The van der Waals surface area contributed by atoms with Crippen LogP contribution in [0.1, 0.15) is 114 Å². The van der Waals surface area contributed by atoms with Gasteiger partial charge in [-0.2, -0.15) is 0 Å². The van der Waals surface area contributed by atoms with Crippen LogP contribution >= 0.6 is 0 Å². The highest BCUT2D eigenvalue weighted by molar-refractivity contribution is 5.73. The van der Waals surface area contributed by atoms with Crippen LogP contribution < -0.4 is 10.6 Å². The van der Waals surface area contributed by atoms with Crippen molar-refractivity contribution in [1.82, 2.24) is 20.4 Å². The summed E-state index contributed by atoms with van der Waals surface area (Å²) >= 11 is 0. The van der Waals surface area contributed by atoms with E-state index in [1.165, 1.54) is 0 Å². The van der Waals surface area contributed by atoms with Crippen molar-refractivity contribution >= 4 is 12.3 Å².